The first-order valence-electron chi connectivity index (χ1n) is 9.53. The third-order valence-electron chi connectivity index (χ3n) is 4.50. The Morgan fingerprint density at radius 1 is 0.900 bits per heavy atom. The van der Waals surface area contributed by atoms with Crippen LogP contribution in [0.1, 0.15) is 21.5 Å². The van der Waals surface area contributed by atoms with E-state index in [0.717, 1.165) is 11.1 Å². The molecule has 4 aromatic rings. The van der Waals surface area contributed by atoms with Gasteiger partial charge in [-0.25, -0.2) is 0 Å². The van der Waals surface area contributed by atoms with Crippen LogP contribution in [0.25, 0.3) is 0 Å². The van der Waals surface area contributed by atoms with Gasteiger partial charge in [0.1, 0.15) is 12.2 Å². The van der Waals surface area contributed by atoms with E-state index in [9.17, 15) is 4.79 Å². The molecule has 0 radical (unpaired) electrons. The fourth-order valence-electron chi connectivity index (χ4n) is 3.00. The minimum Gasteiger partial charge on any atom is -0.471 e. The van der Waals surface area contributed by atoms with E-state index in [2.05, 4.69) is 10.4 Å². The van der Waals surface area contributed by atoms with Crippen LogP contribution in [0.5, 0.6) is 5.88 Å². The van der Waals surface area contributed by atoms with Gasteiger partial charge in [-0.05, 0) is 23.3 Å². The second-order valence-corrected chi connectivity index (χ2v) is 7.15. The van der Waals surface area contributed by atoms with Crippen molar-refractivity contribution in [3.63, 3.8) is 0 Å². The number of rotatable bonds is 7. The first-order valence-corrected chi connectivity index (χ1v) is 9.91. The van der Waals surface area contributed by atoms with Gasteiger partial charge in [0.15, 0.2) is 0 Å². The number of aromatic nitrogens is 2. The average Bonchev–Trinajstić information content (AvgIpc) is 3.18. The van der Waals surface area contributed by atoms with E-state index in [1.54, 1.807) is 23.0 Å². The summed E-state index contributed by atoms with van der Waals surface area (Å²) in [5.74, 6) is -0.0511. The molecule has 1 aromatic heterocycles. The SMILES string of the molecule is O=C(Nc1ccccc1Cl)c1cn(Cc2ccccc2)nc1OCc1ccccc1. The first-order chi connectivity index (χ1) is 14.7. The van der Waals surface area contributed by atoms with E-state index in [-0.39, 0.29) is 11.8 Å². The van der Waals surface area contributed by atoms with Gasteiger partial charge in [-0.3, -0.25) is 9.48 Å². The lowest BCUT2D eigenvalue weighted by Crippen LogP contribution is -2.13. The summed E-state index contributed by atoms with van der Waals surface area (Å²) >= 11 is 6.18. The molecule has 6 heteroatoms. The Morgan fingerprint density at radius 2 is 1.53 bits per heavy atom. The standard InChI is InChI=1S/C24H20ClN3O2/c25-21-13-7-8-14-22(21)26-23(29)20-16-28(15-18-9-3-1-4-10-18)27-24(20)30-17-19-11-5-2-6-12-19/h1-14,16H,15,17H2,(H,26,29). The highest BCUT2D eigenvalue weighted by Gasteiger charge is 2.19. The molecule has 0 spiro atoms. The molecule has 0 unspecified atom stereocenters. The molecule has 0 fully saturated rings. The van der Waals surface area contributed by atoms with E-state index in [1.807, 2.05) is 72.8 Å². The maximum absolute atomic E-state index is 13.0. The van der Waals surface area contributed by atoms with Gasteiger partial charge in [0.2, 0.25) is 5.88 Å². The van der Waals surface area contributed by atoms with E-state index >= 15 is 0 Å². The molecule has 3 aromatic carbocycles. The number of benzene rings is 3. The zero-order chi connectivity index (χ0) is 20.8. The van der Waals surface area contributed by atoms with Gasteiger partial charge in [-0.2, -0.15) is 0 Å². The molecule has 0 aliphatic carbocycles. The van der Waals surface area contributed by atoms with Gasteiger partial charge in [0, 0.05) is 6.20 Å². The van der Waals surface area contributed by atoms with Crippen LogP contribution in [0.4, 0.5) is 5.69 Å². The number of para-hydroxylation sites is 1. The van der Waals surface area contributed by atoms with Crippen molar-refractivity contribution in [2.45, 2.75) is 13.2 Å². The number of carbonyl (C=O) groups excluding carboxylic acids is 1. The zero-order valence-electron chi connectivity index (χ0n) is 16.2. The number of hydrogen-bond acceptors (Lipinski definition) is 3. The predicted molar refractivity (Wildman–Crippen MR) is 118 cm³/mol. The Balaban J connectivity index is 1.58. The molecule has 0 saturated carbocycles. The van der Waals surface area contributed by atoms with Crippen molar-refractivity contribution in [2.75, 3.05) is 5.32 Å². The normalized spacial score (nSPS) is 10.6. The summed E-state index contributed by atoms with van der Waals surface area (Å²) in [6, 6.07) is 26.8. The Kier molecular flexibility index (Phi) is 6.11. The van der Waals surface area contributed by atoms with Gasteiger partial charge < -0.3 is 10.1 Å². The van der Waals surface area contributed by atoms with Crippen molar-refractivity contribution < 1.29 is 9.53 Å². The first kappa shape index (κ1) is 19.7. The maximum Gasteiger partial charge on any atom is 0.262 e. The smallest absolute Gasteiger partial charge is 0.262 e. The number of nitrogens with one attached hydrogen (secondary N) is 1. The topological polar surface area (TPSA) is 56.2 Å². The van der Waals surface area contributed by atoms with Crippen LogP contribution in [0.3, 0.4) is 0 Å². The summed E-state index contributed by atoms with van der Waals surface area (Å²) in [5.41, 5.74) is 2.95. The Labute approximate surface area is 179 Å². The molecular formula is C24H20ClN3O2. The molecular weight excluding hydrogens is 398 g/mol. The Bertz CT molecular complexity index is 1130. The van der Waals surface area contributed by atoms with Crippen LogP contribution in [0.2, 0.25) is 5.02 Å². The van der Waals surface area contributed by atoms with Crippen LogP contribution >= 0.6 is 11.6 Å². The molecule has 4 rings (SSSR count). The molecule has 1 heterocycles. The Morgan fingerprint density at radius 3 is 2.23 bits per heavy atom. The highest BCUT2D eigenvalue weighted by atomic mass is 35.5. The van der Waals surface area contributed by atoms with Gasteiger partial charge in [-0.1, -0.05) is 84.4 Å². The lowest BCUT2D eigenvalue weighted by Gasteiger charge is -2.08. The number of amides is 1. The third kappa shape index (κ3) is 4.88. The largest absolute Gasteiger partial charge is 0.471 e. The van der Waals surface area contributed by atoms with Crippen LogP contribution in [-0.2, 0) is 13.2 Å². The number of hydrogen-bond donors (Lipinski definition) is 1. The highest BCUT2D eigenvalue weighted by Crippen LogP contribution is 2.24. The quantitative estimate of drug-likeness (QED) is 0.437. The molecule has 1 N–H and O–H groups in total. The average molecular weight is 418 g/mol. The summed E-state index contributed by atoms with van der Waals surface area (Å²) in [5, 5.41) is 7.81. The third-order valence-corrected chi connectivity index (χ3v) is 4.83. The molecule has 1 amide bonds. The lowest BCUT2D eigenvalue weighted by atomic mass is 10.2. The van der Waals surface area contributed by atoms with Crippen molar-refractivity contribution in [3.05, 3.63) is 113 Å². The van der Waals surface area contributed by atoms with Crippen LogP contribution in [-0.4, -0.2) is 15.7 Å². The number of halogens is 1. The summed E-state index contributed by atoms with van der Waals surface area (Å²) in [6.07, 6.45) is 1.69. The van der Waals surface area contributed by atoms with Gasteiger partial charge in [0.25, 0.3) is 5.91 Å². The summed E-state index contributed by atoms with van der Waals surface area (Å²) in [7, 11) is 0. The maximum atomic E-state index is 13.0. The highest BCUT2D eigenvalue weighted by molar-refractivity contribution is 6.33. The summed E-state index contributed by atoms with van der Waals surface area (Å²) in [4.78, 5) is 13.0. The van der Waals surface area contributed by atoms with E-state index < -0.39 is 0 Å². The van der Waals surface area contributed by atoms with Crippen LogP contribution < -0.4 is 10.1 Å². The zero-order valence-corrected chi connectivity index (χ0v) is 16.9. The predicted octanol–water partition coefficient (Wildman–Crippen LogP) is 5.42. The molecule has 0 bridgehead atoms. The molecule has 150 valence electrons. The van der Waals surface area contributed by atoms with Crippen molar-refractivity contribution in [2.24, 2.45) is 0 Å². The van der Waals surface area contributed by atoms with Crippen molar-refractivity contribution >= 4 is 23.2 Å². The summed E-state index contributed by atoms with van der Waals surface area (Å²) < 4.78 is 7.61. The fourth-order valence-corrected chi connectivity index (χ4v) is 3.18. The lowest BCUT2D eigenvalue weighted by molar-refractivity contribution is 0.102. The minimum atomic E-state index is -0.328. The number of anilines is 1. The molecule has 0 atom stereocenters. The Hall–Kier alpha value is -3.57. The number of ether oxygens (including phenoxy) is 1. The van der Waals surface area contributed by atoms with E-state index in [4.69, 9.17) is 16.3 Å². The monoisotopic (exact) mass is 417 g/mol. The van der Waals surface area contributed by atoms with Crippen LogP contribution in [0, 0.1) is 0 Å². The van der Waals surface area contributed by atoms with Crippen molar-refractivity contribution in [3.8, 4) is 5.88 Å². The second kappa shape index (κ2) is 9.29. The van der Waals surface area contributed by atoms with Crippen molar-refractivity contribution in [1.29, 1.82) is 0 Å². The molecule has 0 aliphatic rings. The van der Waals surface area contributed by atoms with Gasteiger partial charge in [0.05, 0.1) is 17.3 Å². The van der Waals surface area contributed by atoms with Crippen LogP contribution in [0.15, 0.2) is 91.1 Å². The molecule has 0 aliphatic heterocycles. The summed E-state index contributed by atoms with van der Waals surface area (Å²) in [6.45, 7) is 0.845. The number of nitrogens with zero attached hydrogens (tertiary/aromatic N) is 2. The van der Waals surface area contributed by atoms with Gasteiger partial charge in [-0.15, -0.1) is 5.10 Å². The number of carbonyl (C=O) groups is 1. The molecule has 5 nitrogen and oxygen atoms in total. The van der Waals surface area contributed by atoms with E-state index in [1.165, 1.54) is 0 Å². The minimum absolute atomic E-state index is 0.277. The van der Waals surface area contributed by atoms with E-state index in [0.29, 0.717) is 29.4 Å². The fraction of sp³-hybridized carbons (Fsp3) is 0.0833. The molecule has 0 saturated heterocycles. The second-order valence-electron chi connectivity index (χ2n) is 6.74. The molecule has 30 heavy (non-hydrogen) atoms. The van der Waals surface area contributed by atoms with Crippen molar-refractivity contribution in [1.82, 2.24) is 9.78 Å². The van der Waals surface area contributed by atoms with Gasteiger partial charge >= 0.3 is 0 Å².